The Morgan fingerprint density at radius 3 is 2.41 bits per heavy atom. The number of ether oxygens (including phenoxy) is 1. The van der Waals surface area contributed by atoms with Gasteiger partial charge in [0.2, 0.25) is 5.91 Å². The van der Waals surface area contributed by atoms with Crippen LogP contribution in [0.4, 0.5) is 24.5 Å². The molecule has 0 bridgehead atoms. The molecule has 3 aromatic carbocycles. The third kappa shape index (κ3) is 6.44. The average Bonchev–Trinajstić information content (AvgIpc) is 3.21. The van der Waals surface area contributed by atoms with Crippen LogP contribution in [0.15, 0.2) is 83.4 Å². The van der Waals surface area contributed by atoms with E-state index in [4.69, 9.17) is 4.74 Å². The van der Waals surface area contributed by atoms with Crippen molar-refractivity contribution < 1.29 is 27.5 Å². The molecule has 6 nitrogen and oxygen atoms in total. The Balaban J connectivity index is 1.71. The summed E-state index contributed by atoms with van der Waals surface area (Å²) >= 11 is 0.979. The van der Waals surface area contributed by atoms with Gasteiger partial charge in [0.05, 0.1) is 17.4 Å². The van der Waals surface area contributed by atoms with Crippen molar-refractivity contribution in [3.63, 3.8) is 0 Å². The number of rotatable bonds is 7. The minimum Gasteiger partial charge on any atom is -0.494 e. The Hall–Kier alpha value is -4.23. The van der Waals surface area contributed by atoms with Crippen molar-refractivity contribution in [3.8, 4) is 11.8 Å². The van der Waals surface area contributed by atoms with Crippen LogP contribution in [0.1, 0.15) is 23.6 Å². The lowest BCUT2D eigenvalue weighted by molar-refractivity contribution is -0.137. The number of alkyl halides is 3. The molecule has 1 aliphatic rings. The van der Waals surface area contributed by atoms with Gasteiger partial charge in [-0.25, -0.2) is 0 Å². The molecule has 4 rings (SSSR count). The molecular formula is C29H24F3N3O3S. The third-order valence-electron chi connectivity index (χ3n) is 5.90. The smallest absolute Gasteiger partial charge is 0.416 e. The molecule has 1 N–H and O–H groups in total. The van der Waals surface area contributed by atoms with Crippen molar-refractivity contribution in [2.75, 3.05) is 16.8 Å². The summed E-state index contributed by atoms with van der Waals surface area (Å²) in [5.41, 5.74) is 1.07. The Labute approximate surface area is 228 Å². The van der Waals surface area contributed by atoms with E-state index in [1.54, 1.807) is 48.5 Å². The first-order chi connectivity index (χ1) is 18.6. The van der Waals surface area contributed by atoms with Crippen molar-refractivity contribution in [1.29, 1.82) is 5.26 Å². The molecule has 3 aromatic rings. The maximum Gasteiger partial charge on any atom is 0.416 e. The second-order valence-corrected chi connectivity index (χ2v) is 9.91. The zero-order valence-corrected chi connectivity index (χ0v) is 21.9. The number of carbonyl (C=O) groups excluding carboxylic acids is 2. The zero-order chi connectivity index (χ0) is 28.2. The molecule has 0 aromatic heterocycles. The van der Waals surface area contributed by atoms with Crippen LogP contribution >= 0.6 is 11.8 Å². The molecule has 200 valence electrons. The second kappa shape index (κ2) is 11.7. The molecule has 39 heavy (non-hydrogen) atoms. The highest BCUT2D eigenvalue weighted by Crippen LogP contribution is 2.42. The van der Waals surface area contributed by atoms with Crippen LogP contribution in [0, 0.1) is 18.3 Å². The maximum absolute atomic E-state index is 13.6. The van der Waals surface area contributed by atoms with Gasteiger partial charge in [0.1, 0.15) is 22.4 Å². The molecular weight excluding hydrogens is 527 g/mol. The number of anilines is 2. The lowest BCUT2D eigenvalue weighted by Crippen LogP contribution is -2.31. The number of hydrogen-bond acceptors (Lipinski definition) is 5. The highest BCUT2D eigenvalue weighted by molar-refractivity contribution is 8.05. The van der Waals surface area contributed by atoms with Gasteiger partial charge in [-0.3, -0.25) is 14.5 Å². The molecule has 1 fully saturated rings. The standard InChI is InChI=1S/C29H24F3N3O3S/c1-3-38-23-13-11-22(12-14-23)35-27(37)25(16-19-5-4-6-20(15-19)29(30,31)32)39-28(35)24(17-33)26(36)34-21-9-7-18(2)8-10-21/h4-15,25H,3,16H2,1-2H3,(H,34,36)/b28-24-. The molecule has 0 aliphatic carbocycles. The first-order valence-corrected chi connectivity index (χ1v) is 12.9. The minimum atomic E-state index is -4.52. The summed E-state index contributed by atoms with van der Waals surface area (Å²) in [6.45, 7) is 4.17. The van der Waals surface area contributed by atoms with E-state index in [-0.39, 0.29) is 17.0 Å². The summed E-state index contributed by atoms with van der Waals surface area (Å²) < 4.78 is 45.2. The van der Waals surface area contributed by atoms with E-state index in [0.29, 0.717) is 29.3 Å². The highest BCUT2D eigenvalue weighted by Gasteiger charge is 2.41. The summed E-state index contributed by atoms with van der Waals surface area (Å²) in [7, 11) is 0. The predicted octanol–water partition coefficient (Wildman–Crippen LogP) is 6.48. The quantitative estimate of drug-likeness (QED) is 0.269. The van der Waals surface area contributed by atoms with Crippen molar-refractivity contribution in [1.82, 2.24) is 0 Å². The molecule has 10 heteroatoms. The zero-order valence-electron chi connectivity index (χ0n) is 21.1. The van der Waals surface area contributed by atoms with Gasteiger partial charge in [-0.1, -0.05) is 47.7 Å². The summed E-state index contributed by atoms with van der Waals surface area (Å²) in [6, 6.07) is 20.3. The monoisotopic (exact) mass is 551 g/mol. The number of halogens is 3. The molecule has 1 unspecified atom stereocenters. The van der Waals surface area contributed by atoms with Crippen molar-refractivity contribution in [3.05, 3.63) is 100 Å². The molecule has 0 saturated carbocycles. The topological polar surface area (TPSA) is 82.4 Å². The van der Waals surface area contributed by atoms with Crippen LogP contribution in [0.5, 0.6) is 5.75 Å². The van der Waals surface area contributed by atoms with E-state index < -0.39 is 28.8 Å². The lowest BCUT2D eigenvalue weighted by atomic mass is 10.1. The molecule has 1 aliphatic heterocycles. The minimum absolute atomic E-state index is 0.0251. The van der Waals surface area contributed by atoms with Gasteiger partial charge in [-0.05, 0) is 68.3 Å². The largest absolute Gasteiger partial charge is 0.494 e. The molecule has 2 amide bonds. The van der Waals surface area contributed by atoms with Gasteiger partial charge in [0.25, 0.3) is 5.91 Å². The lowest BCUT2D eigenvalue weighted by Gasteiger charge is -2.19. The van der Waals surface area contributed by atoms with Crippen molar-refractivity contribution in [2.45, 2.75) is 31.7 Å². The normalized spacial score (nSPS) is 16.6. The fraction of sp³-hybridized carbons (Fsp3) is 0.207. The SMILES string of the molecule is CCOc1ccc(N2C(=O)C(Cc3cccc(C(F)(F)F)c3)S/C2=C(/C#N)C(=O)Nc2ccc(C)cc2)cc1. The Bertz CT molecular complexity index is 1450. The van der Waals surface area contributed by atoms with Gasteiger partial charge >= 0.3 is 6.18 Å². The first-order valence-electron chi connectivity index (χ1n) is 12.0. The average molecular weight is 552 g/mol. The van der Waals surface area contributed by atoms with E-state index in [2.05, 4.69) is 5.32 Å². The fourth-order valence-electron chi connectivity index (χ4n) is 4.00. The Morgan fingerprint density at radius 1 is 1.10 bits per heavy atom. The first kappa shape index (κ1) is 27.8. The van der Waals surface area contributed by atoms with E-state index in [9.17, 15) is 28.0 Å². The number of benzene rings is 3. The number of carbonyl (C=O) groups is 2. The third-order valence-corrected chi connectivity index (χ3v) is 7.16. The van der Waals surface area contributed by atoms with Gasteiger partial charge in [0.15, 0.2) is 0 Å². The van der Waals surface area contributed by atoms with Crippen molar-refractivity contribution in [2.24, 2.45) is 0 Å². The molecule has 1 saturated heterocycles. The number of thioether (sulfide) groups is 1. The number of nitrogens with one attached hydrogen (secondary N) is 1. The van der Waals surface area contributed by atoms with E-state index in [1.165, 1.54) is 17.0 Å². The number of nitriles is 1. The second-order valence-electron chi connectivity index (χ2n) is 8.72. The summed E-state index contributed by atoms with van der Waals surface area (Å²) in [5.74, 6) is -0.580. The van der Waals surface area contributed by atoms with Crippen LogP contribution in [-0.2, 0) is 22.2 Å². The van der Waals surface area contributed by atoms with Crippen LogP contribution in [0.25, 0.3) is 0 Å². The number of amides is 2. The van der Waals surface area contributed by atoms with E-state index in [0.717, 1.165) is 29.5 Å². The van der Waals surface area contributed by atoms with Gasteiger partial charge in [-0.2, -0.15) is 18.4 Å². The Morgan fingerprint density at radius 2 is 1.79 bits per heavy atom. The molecule has 0 spiro atoms. The van der Waals surface area contributed by atoms with Crippen LogP contribution in [-0.4, -0.2) is 23.7 Å². The summed E-state index contributed by atoms with van der Waals surface area (Å²) in [6.07, 6.45) is -4.55. The maximum atomic E-state index is 13.6. The van der Waals surface area contributed by atoms with E-state index in [1.807, 2.05) is 19.9 Å². The summed E-state index contributed by atoms with van der Waals surface area (Å²) in [4.78, 5) is 28.1. The van der Waals surface area contributed by atoms with Crippen LogP contribution < -0.4 is 15.0 Å². The predicted molar refractivity (Wildman–Crippen MR) is 144 cm³/mol. The van der Waals surface area contributed by atoms with Crippen LogP contribution in [0.3, 0.4) is 0 Å². The van der Waals surface area contributed by atoms with E-state index >= 15 is 0 Å². The van der Waals surface area contributed by atoms with Crippen molar-refractivity contribution >= 4 is 35.0 Å². The number of nitrogens with zero attached hydrogens (tertiary/aromatic N) is 2. The fourth-order valence-corrected chi connectivity index (χ4v) is 5.31. The summed E-state index contributed by atoms with van der Waals surface area (Å²) in [5, 5.41) is 11.9. The Kier molecular flexibility index (Phi) is 8.31. The number of hydrogen-bond donors (Lipinski definition) is 1. The van der Waals surface area contributed by atoms with Gasteiger partial charge in [0, 0.05) is 11.4 Å². The van der Waals surface area contributed by atoms with Crippen LogP contribution in [0.2, 0.25) is 0 Å². The van der Waals surface area contributed by atoms with Gasteiger partial charge in [-0.15, -0.1) is 0 Å². The molecule has 0 radical (unpaired) electrons. The molecule has 1 atom stereocenters. The van der Waals surface area contributed by atoms with Gasteiger partial charge < -0.3 is 10.1 Å². The molecule has 1 heterocycles. The highest BCUT2D eigenvalue weighted by atomic mass is 32.2. The number of aryl methyl sites for hydroxylation is 1.